The maximum Gasteiger partial charge on any atom is 0.416 e. The maximum atomic E-state index is 12.7. The maximum absolute atomic E-state index is 12.7. The first-order valence-electron chi connectivity index (χ1n) is 9.48. The van der Waals surface area contributed by atoms with Gasteiger partial charge in [0.1, 0.15) is 5.75 Å². The van der Waals surface area contributed by atoms with Gasteiger partial charge in [0.15, 0.2) is 9.84 Å². The molecule has 0 aliphatic rings. The molecule has 0 unspecified atom stereocenters. The number of benzene rings is 2. The van der Waals surface area contributed by atoms with Crippen LogP contribution in [0.25, 0.3) is 0 Å². The Bertz CT molecular complexity index is 971. The Morgan fingerprint density at radius 3 is 2.27 bits per heavy atom. The average molecular weight is 443 g/mol. The fraction of sp³-hybridized carbons (Fsp3) is 0.381. The summed E-state index contributed by atoms with van der Waals surface area (Å²) in [5.41, 5.74) is -0.728. The van der Waals surface area contributed by atoms with Gasteiger partial charge in [0.05, 0.1) is 22.8 Å². The first-order chi connectivity index (χ1) is 14.0. The smallest absolute Gasteiger partial charge is 0.416 e. The summed E-state index contributed by atoms with van der Waals surface area (Å²) in [6.07, 6.45) is 0.442. The van der Waals surface area contributed by atoms with E-state index in [2.05, 4.69) is 12.2 Å². The third kappa shape index (κ3) is 6.76. The SMILES string of the molecule is CCCCCCOc1ccc(S(C)(=O)=O)cc1NC(=O)c1ccc(C(F)(F)F)cc1. The van der Waals surface area contributed by atoms with Crippen LogP contribution in [0.2, 0.25) is 0 Å². The molecular weight excluding hydrogens is 419 g/mol. The molecule has 0 atom stereocenters. The minimum atomic E-state index is -4.50. The Hall–Kier alpha value is -2.55. The Kier molecular flexibility index (Phi) is 7.89. The molecule has 0 fully saturated rings. The lowest BCUT2D eigenvalue weighted by atomic mass is 10.1. The second kappa shape index (κ2) is 9.97. The van der Waals surface area contributed by atoms with Crippen LogP contribution in [0.4, 0.5) is 18.9 Å². The van der Waals surface area contributed by atoms with Crippen LogP contribution in [0.1, 0.15) is 48.5 Å². The van der Waals surface area contributed by atoms with E-state index in [0.717, 1.165) is 56.2 Å². The van der Waals surface area contributed by atoms with Crippen molar-refractivity contribution < 1.29 is 31.1 Å². The number of ether oxygens (including phenoxy) is 1. The van der Waals surface area contributed by atoms with Crippen molar-refractivity contribution in [3.63, 3.8) is 0 Å². The van der Waals surface area contributed by atoms with E-state index in [9.17, 15) is 26.4 Å². The number of amides is 1. The van der Waals surface area contributed by atoms with Gasteiger partial charge in [-0.3, -0.25) is 4.79 Å². The molecule has 2 aromatic carbocycles. The zero-order valence-corrected chi connectivity index (χ0v) is 17.6. The Morgan fingerprint density at radius 1 is 1.03 bits per heavy atom. The van der Waals surface area contributed by atoms with Crippen molar-refractivity contribution in [2.75, 3.05) is 18.2 Å². The number of rotatable bonds is 9. The summed E-state index contributed by atoms with van der Waals surface area (Å²) in [5, 5.41) is 2.54. The summed E-state index contributed by atoms with van der Waals surface area (Å²) < 4.78 is 67.5. The zero-order valence-electron chi connectivity index (χ0n) is 16.8. The van der Waals surface area contributed by atoms with Crippen LogP contribution in [0.5, 0.6) is 5.75 Å². The minimum Gasteiger partial charge on any atom is -0.491 e. The van der Waals surface area contributed by atoms with E-state index in [-0.39, 0.29) is 16.1 Å². The van der Waals surface area contributed by atoms with Gasteiger partial charge in [0.25, 0.3) is 5.91 Å². The third-order valence-corrected chi connectivity index (χ3v) is 5.47. The molecule has 1 N–H and O–H groups in total. The third-order valence-electron chi connectivity index (χ3n) is 4.36. The molecule has 164 valence electrons. The van der Waals surface area contributed by atoms with Crippen molar-refractivity contribution >= 4 is 21.4 Å². The molecule has 1 amide bonds. The quantitative estimate of drug-likeness (QED) is 0.533. The van der Waals surface area contributed by atoms with Gasteiger partial charge in [0.2, 0.25) is 0 Å². The number of alkyl halides is 3. The van der Waals surface area contributed by atoms with Crippen LogP contribution >= 0.6 is 0 Å². The summed E-state index contributed by atoms with van der Waals surface area (Å²) in [6, 6.07) is 7.86. The standard InChI is InChI=1S/C21H24F3NO4S/c1-3-4-5-6-13-29-19-12-11-17(30(2,27)28)14-18(19)25-20(26)15-7-9-16(10-8-15)21(22,23)24/h7-12,14H,3-6,13H2,1-2H3,(H,25,26). The van der Waals surface area contributed by atoms with E-state index in [1.54, 1.807) is 0 Å². The number of sulfone groups is 1. The van der Waals surface area contributed by atoms with Crippen LogP contribution < -0.4 is 10.1 Å². The molecule has 9 heteroatoms. The van der Waals surface area contributed by atoms with Crippen molar-refractivity contribution in [3.8, 4) is 5.75 Å². The molecule has 0 aromatic heterocycles. The number of carbonyl (C=O) groups is 1. The van der Waals surface area contributed by atoms with Crippen LogP contribution in [-0.2, 0) is 16.0 Å². The van der Waals surface area contributed by atoms with Gasteiger partial charge in [-0.1, -0.05) is 26.2 Å². The van der Waals surface area contributed by atoms with Gasteiger partial charge in [-0.05, 0) is 48.9 Å². The molecule has 2 aromatic rings. The minimum absolute atomic E-state index is 0.00153. The zero-order chi connectivity index (χ0) is 22.4. The monoisotopic (exact) mass is 443 g/mol. The Morgan fingerprint density at radius 2 is 1.70 bits per heavy atom. The van der Waals surface area contributed by atoms with Crippen LogP contribution in [0.3, 0.4) is 0 Å². The van der Waals surface area contributed by atoms with Crippen molar-refractivity contribution in [3.05, 3.63) is 53.6 Å². The number of hydrogen-bond acceptors (Lipinski definition) is 4. The number of anilines is 1. The average Bonchev–Trinajstić information content (AvgIpc) is 2.67. The fourth-order valence-corrected chi connectivity index (χ4v) is 3.33. The van der Waals surface area contributed by atoms with E-state index >= 15 is 0 Å². The molecule has 0 aliphatic heterocycles. The summed E-state index contributed by atoms with van der Waals surface area (Å²) in [7, 11) is -3.53. The lowest BCUT2D eigenvalue weighted by Gasteiger charge is -2.14. The predicted octanol–water partition coefficient (Wildman–Crippen LogP) is 5.32. The van der Waals surface area contributed by atoms with Crippen molar-refractivity contribution in [1.29, 1.82) is 0 Å². The summed E-state index contributed by atoms with van der Waals surface area (Å²) >= 11 is 0. The molecule has 30 heavy (non-hydrogen) atoms. The van der Waals surface area contributed by atoms with Crippen LogP contribution in [0, 0.1) is 0 Å². The van der Waals surface area contributed by atoms with Crippen LogP contribution in [-0.4, -0.2) is 27.2 Å². The molecule has 2 rings (SSSR count). The molecule has 0 aliphatic carbocycles. The van der Waals surface area contributed by atoms with E-state index in [1.165, 1.54) is 18.2 Å². The van der Waals surface area contributed by atoms with Gasteiger partial charge >= 0.3 is 6.18 Å². The number of unbranched alkanes of at least 4 members (excludes halogenated alkanes) is 3. The highest BCUT2D eigenvalue weighted by molar-refractivity contribution is 7.90. The summed E-state index contributed by atoms with van der Waals surface area (Å²) in [4.78, 5) is 12.5. The fourth-order valence-electron chi connectivity index (χ4n) is 2.68. The van der Waals surface area contributed by atoms with Crippen molar-refractivity contribution in [1.82, 2.24) is 0 Å². The van der Waals surface area contributed by atoms with Gasteiger partial charge in [-0.25, -0.2) is 8.42 Å². The van der Waals surface area contributed by atoms with Gasteiger partial charge in [0, 0.05) is 11.8 Å². The first kappa shape index (κ1) is 23.7. The number of halogens is 3. The predicted molar refractivity (Wildman–Crippen MR) is 109 cm³/mol. The number of carbonyl (C=O) groups excluding carboxylic acids is 1. The molecule has 0 radical (unpaired) electrons. The van der Waals surface area contributed by atoms with E-state index in [0.29, 0.717) is 12.4 Å². The highest BCUT2D eigenvalue weighted by Gasteiger charge is 2.30. The number of nitrogens with one attached hydrogen (secondary N) is 1. The van der Waals surface area contributed by atoms with Gasteiger partial charge < -0.3 is 10.1 Å². The first-order valence-corrected chi connectivity index (χ1v) is 11.4. The van der Waals surface area contributed by atoms with Gasteiger partial charge in [-0.15, -0.1) is 0 Å². The topological polar surface area (TPSA) is 72.5 Å². The van der Waals surface area contributed by atoms with Gasteiger partial charge in [-0.2, -0.15) is 13.2 Å². The Balaban J connectivity index is 2.22. The second-order valence-electron chi connectivity index (χ2n) is 6.87. The molecule has 0 saturated carbocycles. The second-order valence-corrected chi connectivity index (χ2v) is 8.88. The van der Waals surface area contributed by atoms with Crippen molar-refractivity contribution in [2.45, 2.75) is 43.7 Å². The van der Waals surface area contributed by atoms with E-state index in [4.69, 9.17) is 4.74 Å². The lowest BCUT2D eigenvalue weighted by molar-refractivity contribution is -0.137. The molecule has 5 nitrogen and oxygen atoms in total. The molecule has 0 spiro atoms. The molecular formula is C21H24F3NO4S. The highest BCUT2D eigenvalue weighted by Crippen LogP contribution is 2.31. The summed E-state index contributed by atoms with van der Waals surface area (Å²) in [5.74, 6) is -0.385. The molecule has 0 saturated heterocycles. The summed E-state index contributed by atoms with van der Waals surface area (Å²) in [6.45, 7) is 2.47. The number of hydrogen-bond donors (Lipinski definition) is 1. The van der Waals surface area contributed by atoms with E-state index < -0.39 is 27.5 Å². The highest BCUT2D eigenvalue weighted by atomic mass is 32.2. The normalized spacial score (nSPS) is 11.9. The van der Waals surface area contributed by atoms with E-state index in [1.807, 2.05) is 0 Å². The molecule has 0 bridgehead atoms. The van der Waals surface area contributed by atoms with Crippen LogP contribution in [0.15, 0.2) is 47.4 Å². The lowest BCUT2D eigenvalue weighted by Crippen LogP contribution is -2.14. The molecule has 0 heterocycles. The van der Waals surface area contributed by atoms with Crippen molar-refractivity contribution in [2.24, 2.45) is 0 Å². The largest absolute Gasteiger partial charge is 0.491 e. The Labute approximate surface area is 174 Å².